The minimum Gasteiger partial charge on any atom is -0.465 e. The number of carbonyl (C=O) groups excluding carboxylic acids is 1. The normalized spacial score (nSPS) is 10.1. The van der Waals surface area contributed by atoms with Crippen molar-refractivity contribution in [1.82, 2.24) is 4.98 Å². The second kappa shape index (κ2) is 5.47. The van der Waals surface area contributed by atoms with E-state index in [1.807, 2.05) is 6.20 Å². The van der Waals surface area contributed by atoms with Crippen LogP contribution in [0.25, 0.3) is 0 Å². The Labute approximate surface area is 84.5 Å². The fourth-order valence-electron chi connectivity index (χ4n) is 1.47. The van der Waals surface area contributed by atoms with E-state index >= 15 is 0 Å². The Morgan fingerprint density at radius 1 is 1.43 bits per heavy atom. The molecule has 0 spiro atoms. The quantitative estimate of drug-likeness (QED) is 0.579. The van der Waals surface area contributed by atoms with Gasteiger partial charge in [-0.15, -0.1) is 0 Å². The number of methoxy groups -OCH3 is 1. The van der Waals surface area contributed by atoms with E-state index in [-0.39, 0.29) is 5.97 Å². The SMILES string of the molecule is CCCCCc1c[nH]cc1C(=O)OC. The first-order valence-corrected chi connectivity index (χ1v) is 5.03. The number of ether oxygens (including phenoxy) is 1. The van der Waals surface area contributed by atoms with Crippen LogP contribution in [0.15, 0.2) is 12.4 Å². The predicted molar refractivity (Wildman–Crippen MR) is 55.4 cm³/mol. The van der Waals surface area contributed by atoms with Crippen LogP contribution in [-0.2, 0) is 11.2 Å². The average Bonchev–Trinajstić information content (AvgIpc) is 2.65. The second-order valence-corrected chi connectivity index (χ2v) is 3.34. The number of hydrogen-bond acceptors (Lipinski definition) is 2. The average molecular weight is 195 g/mol. The number of H-pyrrole nitrogens is 1. The van der Waals surface area contributed by atoms with E-state index in [2.05, 4.69) is 16.6 Å². The molecule has 3 heteroatoms. The topological polar surface area (TPSA) is 42.1 Å². The number of nitrogens with one attached hydrogen (secondary N) is 1. The highest BCUT2D eigenvalue weighted by Crippen LogP contribution is 2.13. The summed E-state index contributed by atoms with van der Waals surface area (Å²) in [6, 6.07) is 0. The maximum absolute atomic E-state index is 11.3. The lowest BCUT2D eigenvalue weighted by molar-refractivity contribution is 0.0600. The zero-order valence-electron chi connectivity index (χ0n) is 8.80. The minimum atomic E-state index is -0.252. The van der Waals surface area contributed by atoms with Crippen LogP contribution in [-0.4, -0.2) is 18.1 Å². The highest BCUT2D eigenvalue weighted by molar-refractivity contribution is 5.90. The molecular weight excluding hydrogens is 178 g/mol. The minimum absolute atomic E-state index is 0.252. The monoisotopic (exact) mass is 195 g/mol. The molecule has 0 aliphatic rings. The number of aromatic nitrogens is 1. The van der Waals surface area contributed by atoms with Crippen LogP contribution < -0.4 is 0 Å². The summed E-state index contributed by atoms with van der Waals surface area (Å²) in [6.45, 7) is 2.17. The third-order valence-electron chi connectivity index (χ3n) is 2.29. The van der Waals surface area contributed by atoms with Crippen LogP contribution in [0.4, 0.5) is 0 Å². The van der Waals surface area contributed by atoms with Crippen molar-refractivity contribution >= 4 is 5.97 Å². The summed E-state index contributed by atoms with van der Waals surface area (Å²) in [7, 11) is 1.41. The summed E-state index contributed by atoms with van der Waals surface area (Å²) < 4.78 is 4.68. The number of hydrogen-bond donors (Lipinski definition) is 1. The number of esters is 1. The van der Waals surface area contributed by atoms with Gasteiger partial charge in [-0.3, -0.25) is 0 Å². The molecule has 78 valence electrons. The number of unbranched alkanes of at least 4 members (excludes halogenated alkanes) is 2. The molecule has 0 radical (unpaired) electrons. The lowest BCUT2D eigenvalue weighted by atomic mass is 10.1. The van der Waals surface area contributed by atoms with Gasteiger partial charge in [0.2, 0.25) is 0 Å². The van der Waals surface area contributed by atoms with Crippen molar-refractivity contribution in [1.29, 1.82) is 0 Å². The van der Waals surface area contributed by atoms with Crippen molar-refractivity contribution in [3.63, 3.8) is 0 Å². The fourth-order valence-corrected chi connectivity index (χ4v) is 1.47. The number of carbonyl (C=O) groups is 1. The van der Waals surface area contributed by atoms with E-state index in [4.69, 9.17) is 0 Å². The van der Waals surface area contributed by atoms with Gasteiger partial charge in [-0.05, 0) is 18.4 Å². The van der Waals surface area contributed by atoms with E-state index in [0.29, 0.717) is 5.56 Å². The van der Waals surface area contributed by atoms with Crippen molar-refractivity contribution in [2.75, 3.05) is 7.11 Å². The molecule has 0 fully saturated rings. The van der Waals surface area contributed by atoms with Gasteiger partial charge in [0.25, 0.3) is 0 Å². The van der Waals surface area contributed by atoms with Gasteiger partial charge in [-0.1, -0.05) is 19.8 Å². The molecule has 14 heavy (non-hydrogen) atoms. The van der Waals surface area contributed by atoms with Gasteiger partial charge in [0, 0.05) is 12.4 Å². The van der Waals surface area contributed by atoms with E-state index in [0.717, 1.165) is 18.4 Å². The first-order valence-electron chi connectivity index (χ1n) is 5.03. The molecule has 1 aromatic heterocycles. The van der Waals surface area contributed by atoms with Gasteiger partial charge in [0.05, 0.1) is 12.7 Å². The highest BCUT2D eigenvalue weighted by Gasteiger charge is 2.11. The van der Waals surface area contributed by atoms with Crippen LogP contribution >= 0.6 is 0 Å². The molecule has 0 bridgehead atoms. The van der Waals surface area contributed by atoms with E-state index in [9.17, 15) is 4.79 Å². The fraction of sp³-hybridized carbons (Fsp3) is 0.545. The summed E-state index contributed by atoms with van der Waals surface area (Å²) in [5.41, 5.74) is 1.73. The summed E-state index contributed by atoms with van der Waals surface area (Å²) in [5.74, 6) is -0.252. The smallest absolute Gasteiger partial charge is 0.339 e. The molecule has 1 heterocycles. The van der Waals surface area contributed by atoms with Gasteiger partial charge < -0.3 is 9.72 Å². The van der Waals surface area contributed by atoms with Crippen LogP contribution in [0.5, 0.6) is 0 Å². The van der Waals surface area contributed by atoms with Crippen molar-refractivity contribution in [3.8, 4) is 0 Å². The highest BCUT2D eigenvalue weighted by atomic mass is 16.5. The number of rotatable bonds is 5. The zero-order valence-corrected chi connectivity index (χ0v) is 8.80. The summed E-state index contributed by atoms with van der Waals surface area (Å²) in [6.07, 6.45) is 8.04. The molecule has 0 aliphatic carbocycles. The third kappa shape index (κ3) is 2.62. The third-order valence-corrected chi connectivity index (χ3v) is 2.29. The van der Waals surface area contributed by atoms with Crippen molar-refractivity contribution < 1.29 is 9.53 Å². The Balaban J connectivity index is 2.58. The van der Waals surface area contributed by atoms with Crippen molar-refractivity contribution in [3.05, 3.63) is 23.5 Å². The van der Waals surface area contributed by atoms with Crippen LogP contribution in [0.3, 0.4) is 0 Å². The van der Waals surface area contributed by atoms with Gasteiger partial charge in [-0.25, -0.2) is 4.79 Å². The number of aryl methyl sites for hydroxylation is 1. The predicted octanol–water partition coefficient (Wildman–Crippen LogP) is 2.53. The molecular formula is C11H17NO2. The molecule has 0 aliphatic heterocycles. The largest absolute Gasteiger partial charge is 0.465 e. The second-order valence-electron chi connectivity index (χ2n) is 3.34. The molecule has 0 saturated heterocycles. The Morgan fingerprint density at radius 2 is 2.21 bits per heavy atom. The molecule has 0 saturated carbocycles. The Hall–Kier alpha value is -1.25. The standard InChI is InChI=1S/C11H17NO2/c1-3-4-5-6-9-7-12-8-10(9)11(13)14-2/h7-8,12H,3-6H2,1-2H3. The molecule has 3 nitrogen and oxygen atoms in total. The van der Waals surface area contributed by atoms with Crippen LogP contribution in [0.2, 0.25) is 0 Å². The maximum Gasteiger partial charge on any atom is 0.339 e. The van der Waals surface area contributed by atoms with Crippen molar-refractivity contribution in [2.24, 2.45) is 0 Å². The first kappa shape index (κ1) is 10.8. The van der Waals surface area contributed by atoms with E-state index in [1.54, 1.807) is 6.20 Å². The van der Waals surface area contributed by atoms with Crippen LogP contribution in [0.1, 0.15) is 42.1 Å². The Bertz CT molecular complexity index is 291. The summed E-state index contributed by atoms with van der Waals surface area (Å²) in [4.78, 5) is 14.2. The maximum atomic E-state index is 11.3. The summed E-state index contributed by atoms with van der Waals surface area (Å²) in [5, 5.41) is 0. The van der Waals surface area contributed by atoms with Crippen molar-refractivity contribution in [2.45, 2.75) is 32.6 Å². The molecule has 0 unspecified atom stereocenters. The van der Waals surface area contributed by atoms with Crippen LogP contribution in [0, 0.1) is 0 Å². The first-order chi connectivity index (χ1) is 6.79. The summed E-state index contributed by atoms with van der Waals surface area (Å²) >= 11 is 0. The van der Waals surface area contributed by atoms with Gasteiger partial charge in [0.15, 0.2) is 0 Å². The van der Waals surface area contributed by atoms with E-state index in [1.165, 1.54) is 20.0 Å². The molecule has 0 atom stereocenters. The van der Waals surface area contributed by atoms with Gasteiger partial charge in [-0.2, -0.15) is 0 Å². The zero-order chi connectivity index (χ0) is 10.4. The molecule has 0 aromatic carbocycles. The Morgan fingerprint density at radius 3 is 2.86 bits per heavy atom. The van der Waals surface area contributed by atoms with E-state index < -0.39 is 0 Å². The lowest BCUT2D eigenvalue weighted by Gasteiger charge is -2.01. The molecule has 1 N–H and O–H groups in total. The van der Waals surface area contributed by atoms with Gasteiger partial charge in [0.1, 0.15) is 0 Å². The lowest BCUT2D eigenvalue weighted by Crippen LogP contribution is -2.02. The molecule has 1 rings (SSSR count). The Kier molecular flexibility index (Phi) is 4.23. The molecule has 1 aromatic rings. The molecule has 0 amide bonds. The number of aromatic amines is 1. The van der Waals surface area contributed by atoms with Gasteiger partial charge >= 0.3 is 5.97 Å².